The van der Waals surface area contributed by atoms with Crippen molar-refractivity contribution < 1.29 is 9.32 Å². The van der Waals surface area contributed by atoms with Crippen molar-refractivity contribution in [3.8, 4) is 0 Å². The van der Waals surface area contributed by atoms with Gasteiger partial charge in [0.1, 0.15) is 0 Å². The van der Waals surface area contributed by atoms with Crippen LogP contribution in [0.15, 0.2) is 10.6 Å². The molecule has 1 amide bonds. The number of likely N-dealkylation sites (tertiary alicyclic amines) is 1. The zero-order chi connectivity index (χ0) is 14.5. The molecule has 1 aromatic rings. The van der Waals surface area contributed by atoms with Crippen molar-refractivity contribution in [3.63, 3.8) is 0 Å². The average Bonchev–Trinajstić information content (AvgIpc) is 2.89. The fraction of sp³-hybridized carbons (Fsp3) is 0.692. The Morgan fingerprint density at radius 3 is 2.95 bits per heavy atom. The Hall–Kier alpha value is -1.44. The van der Waals surface area contributed by atoms with Crippen molar-refractivity contribution >= 4 is 5.91 Å². The molecule has 0 bridgehead atoms. The van der Waals surface area contributed by atoms with E-state index in [2.05, 4.69) is 29.1 Å². The number of nitrogens with zero attached hydrogens (tertiary/aromatic N) is 3. The predicted molar refractivity (Wildman–Crippen MR) is 74.7 cm³/mol. The number of aromatic nitrogens is 1. The molecule has 0 saturated carbocycles. The zero-order valence-corrected chi connectivity index (χ0v) is 12.1. The van der Waals surface area contributed by atoms with Gasteiger partial charge in [0.2, 0.25) is 0 Å². The smallest absolute Gasteiger partial charge is 0.287 e. The molecule has 0 spiro atoms. The van der Waals surface area contributed by atoms with Crippen LogP contribution in [0.25, 0.3) is 0 Å². The number of hydrazine groups is 1. The van der Waals surface area contributed by atoms with Gasteiger partial charge >= 0.3 is 0 Å². The van der Waals surface area contributed by atoms with Gasteiger partial charge in [0, 0.05) is 12.6 Å². The summed E-state index contributed by atoms with van der Waals surface area (Å²) in [6.07, 6.45) is 2.47. The lowest BCUT2D eigenvalue weighted by molar-refractivity contribution is 0.0944. The van der Waals surface area contributed by atoms with Gasteiger partial charge in [-0.25, -0.2) is 5.84 Å². The van der Waals surface area contributed by atoms with Gasteiger partial charge in [-0.15, -0.1) is 0 Å². The van der Waals surface area contributed by atoms with E-state index in [-0.39, 0.29) is 5.69 Å². The van der Waals surface area contributed by atoms with E-state index >= 15 is 0 Å². The highest BCUT2D eigenvalue weighted by Gasteiger charge is 2.19. The summed E-state index contributed by atoms with van der Waals surface area (Å²) in [5.41, 5.74) is 2.26. The highest BCUT2D eigenvalue weighted by molar-refractivity contribution is 5.91. The molecular formula is C13H23N5O2. The van der Waals surface area contributed by atoms with Crippen molar-refractivity contribution in [2.24, 2.45) is 11.8 Å². The summed E-state index contributed by atoms with van der Waals surface area (Å²) in [5, 5.41) is 3.70. The number of nitrogens with two attached hydrogens (primary N) is 1. The van der Waals surface area contributed by atoms with E-state index in [0.29, 0.717) is 12.3 Å². The second-order valence-electron chi connectivity index (χ2n) is 5.60. The third-order valence-electron chi connectivity index (χ3n) is 3.76. The van der Waals surface area contributed by atoms with Gasteiger partial charge in [0.05, 0.1) is 6.54 Å². The number of nitrogen functional groups attached to an aromatic ring is 1. The number of nitrogens with one attached hydrogen (secondary N) is 1. The zero-order valence-electron chi connectivity index (χ0n) is 12.1. The van der Waals surface area contributed by atoms with Crippen molar-refractivity contribution in [1.82, 2.24) is 20.4 Å². The molecule has 1 aromatic heterocycles. The third-order valence-corrected chi connectivity index (χ3v) is 3.76. The van der Waals surface area contributed by atoms with Crippen molar-refractivity contribution in [3.05, 3.63) is 17.5 Å². The SMILES string of the molecule is CN1CCC(CN(C)Cc2cc(C(=O)NN)no2)CC1. The minimum Gasteiger partial charge on any atom is -0.359 e. The largest absolute Gasteiger partial charge is 0.359 e. The Balaban J connectivity index is 1.80. The molecule has 0 radical (unpaired) electrons. The Morgan fingerprint density at radius 1 is 1.60 bits per heavy atom. The van der Waals surface area contributed by atoms with E-state index in [4.69, 9.17) is 10.4 Å². The van der Waals surface area contributed by atoms with E-state index in [9.17, 15) is 4.79 Å². The first-order valence-electron chi connectivity index (χ1n) is 6.92. The molecule has 3 N–H and O–H groups in total. The first kappa shape index (κ1) is 15.0. The molecule has 1 aliphatic heterocycles. The van der Waals surface area contributed by atoms with Crippen LogP contribution in [0.3, 0.4) is 0 Å². The molecule has 1 fully saturated rings. The molecule has 2 rings (SSSR count). The molecule has 20 heavy (non-hydrogen) atoms. The first-order valence-corrected chi connectivity index (χ1v) is 6.92. The predicted octanol–water partition coefficient (Wildman–Crippen LogP) is 0.0517. The molecule has 1 saturated heterocycles. The maximum Gasteiger partial charge on any atom is 0.287 e. The summed E-state index contributed by atoms with van der Waals surface area (Å²) in [6.45, 7) is 4.02. The van der Waals surface area contributed by atoms with E-state index in [1.54, 1.807) is 6.07 Å². The number of amides is 1. The monoisotopic (exact) mass is 281 g/mol. The summed E-state index contributed by atoms with van der Waals surface area (Å²) in [4.78, 5) is 15.9. The normalized spacial score (nSPS) is 17.6. The number of hydrogen-bond donors (Lipinski definition) is 2. The lowest BCUT2D eigenvalue weighted by Crippen LogP contribution is -2.35. The molecule has 0 atom stereocenters. The third kappa shape index (κ3) is 4.03. The fourth-order valence-electron chi connectivity index (χ4n) is 2.58. The summed E-state index contributed by atoms with van der Waals surface area (Å²) in [7, 11) is 4.22. The summed E-state index contributed by atoms with van der Waals surface area (Å²) < 4.78 is 5.15. The average molecular weight is 281 g/mol. The molecular weight excluding hydrogens is 258 g/mol. The molecule has 1 aliphatic rings. The first-order chi connectivity index (χ1) is 9.58. The van der Waals surface area contributed by atoms with Crippen LogP contribution in [0, 0.1) is 5.92 Å². The molecule has 0 unspecified atom stereocenters. The lowest BCUT2D eigenvalue weighted by atomic mass is 9.97. The van der Waals surface area contributed by atoms with Crippen LogP contribution in [0.5, 0.6) is 0 Å². The van der Waals surface area contributed by atoms with Gasteiger partial charge in [-0.3, -0.25) is 15.1 Å². The van der Waals surface area contributed by atoms with Gasteiger partial charge in [0.15, 0.2) is 11.5 Å². The number of piperidine rings is 1. The molecule has 0 aliphatic carbocycles. The number of carbonyl (C=O) groups excluding carboxylic acids is 1. The van der Waals surface area contributed by atoms with Crippen molar-refractivity contribution in [2.45, 2.75) is 19.4 Å². The second kappa shape index (κ2) is 6.83. The fourth-order valence-corrected chi connectivity index (χ4v) is 2.58. The maximum atomic E-state index is 11.3. The van der Waals surface area contributed by atoms with Crippen LogP contribution in [-0.4, -0.2) is 54.6 Å². The Bertz CT molecular complexity index is 440. The van der Waals surface area contributed by atoms with Gasteiger partial charge in [-0.05, 0) is 45.9 Å². The van der Waals surface area contributed by atoms with Crippen LogP contribution >= 0.6 is 0 Å². The van der Waals surface area contributed by atoms with Crippen LogP contribution < -0.4 is 11.3 Å². The van der Waals surface area contributed by atoms with Gasteiger partial charge in [0.25, 0.3) is 5.91 Å². The quantitative estimate of drug-likeness (QED) is 0.450. The molecule has 0 aromatic carbocycles. The van der Waals surface area contributed by atoms with Crippen molar-refractivity contribution in [1.29, 1.82) is 0 Å². The number of hydrogen-bond acceptors (Lipinski definition) is 6. The Morgan fingerprint density at radius 2 is 2.30 bits per heavy atom. The van der Waals surface area contributed by atoms with Crippen LogP contribution in [0.2, 0.25) is 0 Å². The highest BCUT2D eigenvalue weighted by atomic mass is 16.5. The van der Waals surface area contributed by atoms with E-state index in [0.717, 1.165) is 12.5 Å². The summed E-state index contributed by atoms with van der Waals surface area (Å²) in [5.74, 6) is 6.03. The molecule has 7 nitrogen and oxygen atoms in total. The highest BCUT2D eigenvalue weighted by Crippen LogP contribution is 2.17. The van der Waals surface area contributed by atoms with Gasteiger partial charge in [-0.1, -0.05) is 5.16 Å². The topological polar surface area (TPSA) is 87.6 Å². The minimum atomic E-state index is -0.432. The van der Waals surface area contributed by atoms with Gasteiger partial charge in [-0.2, -0.15) is 0 Å². The standard InChI is InChI=1S/C13H23N5O2/c1-17-5-3-10(4-6-17)8-18(2)9-11-7-12(16-20-11)13(19)15-14/h7,10H,3-6,8-9,14H2,1-2H3,(H,15,19). The van der Waals surface area contributed by atoms with Crippen LogP contribution in [-0.2, 0) is 6.54 Å². The van der Waals surface area contributed by atoms with Crippen molar-refractivity contribution in [2.75, 3.05) is 33.7 Å². The maximum absolute atomic E-state index is 11.3. The van der Waals surface area contributed by atoms with E-state index in [1.165, 1.54) is 25.9 Å². The number of carbonyl (C=O) groups is 1. The summed E-state index contributed by atoms with van der Waals surface area (Å²) in [6, 6.07) is 1.63. The van der Waals surface area contributed by atoms with E-state index in [1.807, 2.05) is 5.43 Å². The lowest BCUT2D eigenvalue weighted by Gasteiger charge is -2.31. The number of rotatable bonds is 5. The summed E-state index contributed by atoms with van der Waals surface area (Å²) >= 11 is 0. The van der Waals surface area contributed by atoms with Gasteiger partial charge < -0.3 is 9.42 Å². The second-order valence-corrected chi connectivity index (χ2v) is 5.60. The Kier molecular flexibility index (Phi) is 5.11. The van der Waals surface area contributed by atoms with Crippen LogP contribution in [0.4, 0.5) is 0 Å². The minimum absolute atomic E-state index is 0.218. The molecule has 7 heteroatoms. The Labute approximate surface area is 119 Å². The molecule has 2 heterocycles. The molecule has 112 valence electrons. The van der Waals surface area contributed by atoms with Crippen LogP contribution in [0.1, 0.15) is 29.1 Å². The van der Waals surface area contributed by atoms with E-state index < -0.39 is 5.91 Å².